The summed E-state index contributed by atoms with van der Waals surface area (Å²) in [5, 5.41) is 11.5. The van der Waals surface area contributed by atoms with Gasteiger partial charge in [0.05, 0.1) is 5.56 Å². The van der Waals surface area contributed by atoms with Crippen LogP contribution in [-0.4, -0.2) is 10.9 Å². The van der Waals surface area contributed by atoms with Crippen molar-refractivity contribution in [3.63, 3.8) is 0 Å². The molecule has 0 aliphatic heterocycles. The van der Waals surface area contributed by atoms with Crippen LogP contribution in [0, 0.1) is 25.2 Å². The molecular formula is C16H15N3O. The number of hydrogen-bond acceptors (Lipinski definition) is 3. The number of amides is 1. The fraction of sp³-hybridized carbons (Fsp3) is 0.188. The second kappa shape index (κ2) is 5.98. The molecule has 0 saturated carbocycles. The van der Waals surface area contributed by atoms with Crippen molar-refractivity contribution in [2.45, 2.75) is 20.4 Å². The zero-order valence-corrected chi connectivity index (χ0v) is 11.5. The molecule has 0 spiro atoms. The molecule has 1 amide bonds. The molecular weight excluding hydrogens is 250 g/mol. The van der Waals surface area contributed by atoms with Gasteiger partial charge in [-0.1, -0.05) is 23.8 Å². The van der Waals surface area contributed by atoms with E-state index in [4.69, 9.17) is 5.26 Å². The van der Waals surface area contributed by atoms with Crippen LogP contribution in [0.15, 0.2) is 36.5 Å². The minimum atomic E-state index is -0.193. The van der Waals surface area contributed by atoms with Gasteiger partial charge in [-0.2, -0.15) is 5.26 Å². The molecule has 0 radical (unpaired) electrons. The highest BCUT2D eigenvalue weighted by Gasteiger charge is 2.07. The van der Waals surface area contributed by atoms with Crippen molar-refractivity contribution in [2.24, 2.45) is 0 Å². The molecule has 1 aromatic carbocycles. The largest absolute Gasteiger partial charge is 0.348 e. The molecule has 0 saturated heterocycles. The van der Waals surface area contributed by atoms with E-state index in [1.54, 1.807) is 6.07 Å². The minimum absolute atomic E-state index is 0.193. The van der Waals surface area contributed by atoms with E-state index in [0.29, 0.717) is 17.8 Å². The number of benzene rings is 1. The summed E-state index contributed by atoms with van der Waals surface area (Å²) in [5.74, 6) is -0.193. The van der Waals surface area contributed by atoms with Crippen LogP contribution in [0.25, 0.3) is 0 Å². The van der Waals surface area contributed by atoms with Crippen LogP contribution in [0.5, 0.6) is 0 Å². The average Bonchev–Trinajstić information content (AvgIpc) is 2.46. The Hall–Kier alpha value is -2.67. The summed E-state index contributed by atoms with van der Waals surface area (Å²) >= 11 is 0. The van der Waals surface area contributed by atoms with Crippen LogP contribution in [0.3, 0.4) is 0 Å². The van der Waals surface area contributed by atoms with Crippen LogP contribution in [-0.2, 0) is 6.54 Å². The van der Waals surface area contributed by atoms with Crippen LogP contribution in [0.2, 0.25) is 0 Å². The molecule has 20 heavy (non-hydrogen) atoms. The van der Waals surface area contributed by atoms with Gasteiger partial charge in [0.25, 0.3) is 5.91 Å². The molecule has 1 heterocycles. The Morgan fingerprint density at radius 2 is 2.10 bits per heavy atom. The molecule has 4 heteroatoms. The molecule has 0 unspecified atom stereocenters. The smallest absolute Gasteiger partial charge is 0.253 e. The Morgan fingerprint density at radius 1 is 1.30 bits per heavy atom. The van der Waals surface area contributed by atoms with Gasteiger partial charge in [-0.3, -0.25) is 4.79 Å². The molecule has 2 aromatic rings. The van der Waals surface area contributed by atoms with Crippen LogP contribution in [0.1, 0.15) is 32.7 Å². The lowest BCUT2D eigenvalue weighted by Gasteiger charge is -2.08. The summed E-state index contributed by atoms with van der Waals surface area (Å²) in [7, 11) is 0. The first-order chi connectivity index (χ1) is 9.60. The van der Waals surface area contributed by atoms with Crippen LogP contribution in [0.4, 0.5) is 0 Å². The summed E-state index contributed by atoms with van der Waals surface area (Å²) in [4.78, 5) is 15.8. The number of hydrogen-bond donors (Lipinski definition) is 1. The Kier molecular flexibility index (Phi) is 4.11. The van der Waals surface area contributed by atoms with E-state index in [0.717, 1.165) is 11.1 Å². The Bertz CT molecular complexity index is 669. The van der Waals surface area contributed by atoms with Gasteiger partial charge in [-0.05, 0) is 37.1 Å². The van der Waals surface area contributed by atoms with E-state index in [1.165, 1.54) is 17.8 Å². The van der Waals surface area contributed by atoms with Gasteiger partial charge >= 0.3 is 0 Å². The Labute approximate surface area is 118 Å². The predicted octanol–water partition coefficient (Wildman–Crippen LogP) is 2.50. The van der Waals surface area contributed by atoms with Crippen molar-refractivity contribution in [1.29, 1.82) is 5.26 Å². The maximum Gasteiger partial charge on any atom is 0.253 e. The SMILES string of the molecule is Cc1ccc(CNC(=O)c2ccc(C#N)nc2)c(C)c1. The van der Waals surface area contributed by atoms with Crippen molar-refractivity contribution in [1.82, 2.24) is 10.3 Å². The van der Waals surface area contributed by atoms with Gasteiger partial charge in [0.1, 0.15) is 11.8 Å². The molecule has 0 bridgehead atoms. The number of rotatable bonds is 3. The van der Waals surface area contributed by atoms with Crippen LogP contribution < -0.4 is 5.32 Å². The highest BCUT2D eigenvalue weighted by Crippen LogP contribution is 2.10. The number of aromatic nitrogens is 1. The summed E-state index contributed by atoms with van der Waals surface area (Å²) in [6.07, 6.45) is 1.41. The molecule has 0 aliphatic rings. The first-order valence-corrected chi connectivity index (χ1v) is 6.30. The summed E-state index contributed by atoms with van der Waals surface area (Å²) in [6.45, 7) is 4.54. The molecule has 0 fully saturated rings. The molecule has 100 valence electrons. The number of nitriles is 1. The minimum Gasteiger partial charge on any atom is -0.348 e. The van der Waals surface area contributed by atoms with Crippen molar-refractivity contribution in [3.05, 3.63) is 64.5 Å². The molecule has 1 N–H and O–H groups in total. The van der Waals surface area contributed by atoms with Crippen molar-refractivity contribution in [2.75, 3.05) is 0 Å². The zero-order valence-electron chi connectivity index (χ0n) is 11.5. The Morgan fingerprint density at radius 3 is 2.70 bits per heavy atom. The zero-order chi connectivity index (χ0) is 14.5. The van der Waals surface area contributed by atoms with E-state index in [1.807, 2.05) is 32.0 Å². The number of pyridine rings is 1. The topological polar surface area (TPSA) is 65.8 Å². The van der Waals surface area contributed by atoms with Crippen molar-refractivity contribution >= 4 is 5.91 Å². The first kappa shape index (κ1) is 13.8. The van der Waals surface area contributed by atoms with Crippen molar-refractivity contribution in [3.8, 4) is 6.07 Å². The lowest BCUT2D eigenvalue weighted by atomic mass is 10.1. The summed E-state index contributed by atoms with van der Waals surface area (Å²) in [6, 6.07) is 11.2. The fourth-order valence-electron chi connectivity index (χ4n) is 1.92. The molecule has 1 aromatic heterocycles. The Balaban J connectivity index is 2.03. The normalized spacial score (nSPS) is 9.85. The average molecular weight is 265 g/mol. The number of aryl methyl sites for hydroxylation is 2. The quantitative estimate of drug-likeness (QED) is 0.927. The second-order valence-electron chi connectivity index (χ2n) is 4.66. The molecule has 0 aliphatic carbocycles. The van der Waals surface area contributed by atoms with E-state index >= 15 is 0 Å². The molecule has 2 rings (SSSR count). The highest BCUT2D eigenvalue weighted by molar-refractivity contribution is 5.93. The maximum absolute atomic E-state index is 12.0. The monoisotopic (exact) mass is 265 g/mol. The maximum atomic E-state index is 12.0. The van der Waals surface area contributed by atoms with Gasteiger partial charge in [-0.25, -0.2) is 4.98 Å². The van der Waals surface area contributed by atoms with Gasteiger partial charge < -0.3 is 5.32 Å². The van der Waals surface area contributed by atoms with Crippen molar-refractivity contribution < 1.29 is 4.79 Å². The number of nitrogens with zero attached hydrogens (tertiary/aromatic N) is 2. The highest BCUT2D eigenvalue weighted by atomic mass is 16.1. The third-order valence-corrected chi connectivity index (χ3v) is 3.08. The third-order valence-electron chi connectivity index (χ3n) is 3.08. The standard InChI is InChI=1S/C16H15N3O/c1-11-3-4-13(12(2)7-11)9-19-16(20)14-5-6-15(8-17)18-10-14/h3-7,10H,9H2,1-2H3,(H,19,20). The van der Waals surface area contributed by atoms with Gasteiger partial charge in [0.15, 0.2) is 0 Å². The number of carbonyl (C=O) groups is 1. The summed E-state index contributed by atoms with van der Waals surface area (Å²) < 4.78 is 0. The van der Waals surface area contributed by atoms with Gasteiger partial charge in [-0.15, -0.1) is 0 Å². The fourth-order valence-corrected chi connectivity index (χ4v) is 1.92. The third kappa shape index (κ3) is 3.21. The van der Waals surface area contributed by atoms with E-state index in [9.17, 15) is 4.79 Å². The van der Waals surface area contributed by atoms with Crippen LogP contribution >= 0.6 is 0 Å². The van der Waals surface area contributed by atoms with Gasteiger partial charge in [0.2, 0.25) is 0 Å². The van der Waals surface area contributed by atoms with E-state index in [-0.39, 0.29) is 5.91 Å². The van der Waals surface area contributed by atoms with Gasteiger partial charge in [0, 0.05) is 12.7 Å². The predicted molar refractivity (Wildman–Crippen MR) is 76.0 cm³/mol. The van der Waals surface area contributed by atoms with E-state index in [2.05, 4.69) is 16.4 Å². The molecule has 0 atom stereocenters. The molecule has 4 nitrogen and oxygen atoms in total. The number of nitrogens with one attached hydrogen (secondary N) is 1. The summed E-state index contributed by atoms with van der Waals surface area (Å²) in [5.41, 5.74) is 4.20. The lowest BCUT2D eigenvalue weighted by Crippen LogP contribution is -2.23. The van der Waals surface area contributed by atoms with E-state index < -0.39 is 0 Å². The first-order valence-electron chi connectivity index (χ1n) is 6.30. The second-order valence-corrected chi connectivity index (χ2v) is 4.66. The number of carbonyl (C=O) groups excluding carboxylic acids is 1. The lowest BCUT2D eigenvalue weighted by molar-refractivity contribution is 0.0950.